The second-order valence-corrected chi connectivity index (χ2v) is 3.35. The van der Waals surface area contributed by atoms with Gasteiger partial charge in [-0.15, -0.1) is 12.4 Å². The van der Waals surface area contributed by atoms with Crippen LogP contribution in [-0.4, -0.2) is 24.9 Å². The lowest BCUT2D eigenvalue weighted by Crippen LogP contribution is -2.22. The second-order valence-electron chi connectivity index (χ2n) is 3.35. The molecule has 3 N–H and O–H groups in total. The number of benzene rings is 1. The zero-order valence-corrected chi connectivity index (χ0v) is 10.1. The van der Waals surface area contributed by atoms with Crippen molar-refractivity contribution in [3.05, 3.63) is 35.9 Å². The lowest BCUT2D eigenvalue weighted by Gasteiger charge is -2.02. The van der Waals surface area contributed by atoms with Crippen molar-refractivity contribution >= 4 is 18.5 Å². The molecule has 1 aromatic carbocycles. The molecule has 1 atom stereocenters. The molecule has 0 radical (unpaired) electrons. The standard InChI is InChI=1S/C12H17NO2.ClH/c1-15-12-7-5-10(6-8-12)3-2-4-11(13)9-14;/h2-3,5-8,11,14H,4,9,13H2,1H3;1H/b3-2+;. The van der Waals surface area contributed by atoms with Gasteiger partial charge in [-0.3, -0.25) is 0 Å². The molecule has 1 aromatic rings. The Kier molecular flexibility index (Phi) is 7.64. The van der Waals surface area contributed by atoms with Gasteiger partial charge in [0.15, 0.2) is 0 Å². The SMILES string of the molecule is COc1ccc(/C=C/CC(N)CO)cc1.Cl. The Morgan fingerprint density at radius 2 is 2.00 bits per heavy atom. The molecule has 0 bridgehead atoms. The van der Waals surface area contributed by atoms with E-state index in [0.29, 0.717) is 6.42 Å². The number of ether oxygens (including phenoxy) is 1. The Morgan fingerprint density at radius 1 is 1.38 bits per heavy atom. The van der Waals surface area contributed by atoms with Crippen LogP contribution < -0.4 is 10.5 Å². The zero-order valence-electron chi connectivity index (χ0n) is 9.30. The molecule has 0 saturated carbocycles. The smallest absolute Gasteiger partial charge is 0.118 e. The first-order valence-electron chi connectivity index (χ1n) is 4.93. The quantitative estimate of drug-likeness (QED) is 0.830. The Labute approximate surface area is 102 Å². The molecule has 1 rings (SSSR count). The summed E-state index contributed by atoms with van der Waals surface area (Å²) in [4.78, 5) is 0. The molecular weight excluding hydrogens is 226 g/mol. The van der Waals surface area contributed by atoms with E-state index in [-0.39, 0.29) is 25.1 Å². The van der Waals surface area contributed by atoms with E-state index >= 15 is 0 Å². The first-order valence-corrected chi connectivity index (χ1v) is 4.93. The van der Waals surface area contributed by atoms with Crippen molar-refractivity contribution in [2.45, 2.75) is 12.5 Å². The highest BCUT2D eigenvalue weighted by Crippen LogP contribution is 2.12. The van der Waals surface area contributed by atoms with Crippen molar-refractivity contribution in [2.24, 2.45) is 5.73 Å². The summed E-state index contributed by atoms with van der Waals surface area (Å²) < 4.78 is 5.05. The summed E-state index contributed by atoms with van der Waals surface area (Å²) in [6.45, 7) is 0.0208. The number of aliphatic hydroxyl groups is 1. The molecule has 0 aromatic heterocycles. The summed E-state index contributed by atoms with van der Waals surface area (Å²) in [5, 5.41) is 8.72. The van der Waals surface area contributed by atoms with Gasteiger partial charge >= 0.3 is 0 Å². The lowest BCUT2D eigenvalue weighted by atomic mass is 10.1. The maximum atomic E-state index is 8.72. The summed E-state index contributed by atoms with van der Waals surface area (Å²) in [6.07, 6.45) is 4.63. The van der Waals surface area contributed by atoms with Crippen molar-refractivity contribution in [3.8, 4) is 5.75 Å². The van der Waals surface area contributed by atoms with Gasteiger partial charge in [-0.2, -0.15) is 0 Å². The van der Waals surface area contributed by atoms with Crippen LogP contribution in [0.25, 0.3) is 6.08 Å². The number of hydrogen-bond donors (Lipinski definition) is 2. The molecule has 90 valence electrons. The van der Waals surface area contributed by atoms with Crippen molar-refractivity contribution in [1.82, 2.24) is 0 Å². The Morgan fingerprint density at radius 3 is 2.50 bits per heavy atom. The molecule has 16 heavy (non-hydrogen) atoms. The van der Waals surface area contributed by atoms with Crippen LogP contribution in [0.2, 0.25) is 0 Å². The first-order chi connectivity index (χ1) is 7.26. The van der Waals surface area contributed by atoms with E-state index < -0.39 is 0 Å². The molecule has 0 aliphatic rings. The predicted octanol–water partition coefficient (Wildman–Crippen LogP) is 1.84. The normalized spacial score (nSPS) is 12.2. The monoisotopic (exact) mass is 243 g/mol. The third-order valence-corrected chi connectivity index (χ3v) is 2.10. The topological polar surface area (TPSA) is 55.5 Å². The highest BCUT2D eigenvalue weighted by atomic mass is 35.5. The molecule has 0 amide bonds. The summed E-state index contributed by atoms with van der Waals surface area (Å²) in [7, 11) is 1.64. The number of hydrogen-bond acceptors (Lipinski definition) is 3. The van der Waals surface area contributed by atoms with Crippen molar-refractivity contribution in [2.75, 3.05) is 13.7 Å². The third kappa shape index (κ3) is 5.16. The fourth-order valence-corrected chi connectivity index (χ4v) is 1.17. The predicted molar refractivity (Wildman–Crippen MR) is 69.0 cm³/mol. The fourth-order valence-electron chi connectivity index (χ4n) is 1.17. The van der Waals surface area contributed by atoms with Gasteiger partial charge in [0.2, 0.25) is 0 Å². The first kappa shape index (κ1) is 15.0. The van der Waals surface area contributed by atoms with E-state index in [4.69, 9.17) is 15.6 Å². The van der Waals surface area contributed by atoms with Gasteiger partial charge in [-0.25, -0.2) is 0 Å². The van der Waals surface area contributed by atoms with Crippen molar-refractivity contribution in [3.63, 3.8) is 0 Å². The van der Waals surface area contributed by atoms with E-state index in [1.807, 2.05) is 36.4 Å². The maximum absolute atomic E-state index is 8.72. The van der Waals surface area contributed by atoms with E-state index in [1.54, 1.807) is 7.11 Å². The number of nitrogens with two attached hydrogens (primary N) is 1. The molecule has 0 spiro atoms. The molecule has 1 unspecified atom stereocenters. The molecule has 0 aliphatic heterocycles. The molecule has 0 heterocycles. The molecule has 3 nitrogen and oxygen atoms in total. The fraction of sp³-hybridized carbons (Fsp3) is 0.333. The van der Waals surface area contributed by atoms with E-state index in [0.717, 1.165) is 11.3 Å². The summed E-state index contributed by atoms with van der Waals surface area (Å²) >= 11 is 0. The largest absolute Gasteiger partial charge is 0.497 e. The Hall–Kier alpha value is -1.03. The number of halogens is 1. The van der Waals surface area contributed by atoms with Crippen LogP contribution in [-0.2, 0) is 0 Å². The van der Waals surface area contributed by atoms with Gasteiger partial charge in [0.05, 0.1) is 13.7 Å². The zero-order chi connectivity index (χ0) is 11.1. The molecule has 0 fully saturated rings. The minimum absolute atomic E-state index is 0. The van der Waals surface area contributed by atoms with Crippen LogP contribution >= 0.6 is 12.4 Å². The Bertz CT molecular complexity index is 311. The van der Waals surface area contributed by atoms with E-state index in [9.17, 15) is 0 Å². The van der Waals surface area contributed by atoms with E-state index in [2.05, 4.69) is 0 Å². The highest BCUT2D eigenvalue weighted by Gasteiger charge is 1.95. The summed E-state index contributed by atoms with van der Waals surface area (Å²) in [5.41, 5.74) is 6.66. The summed E-state index contributed by atoms with van der Waals surface area (Å²) in [5.74, 6) is 0.846. The van der Waals surface area contributed by atoms with Crippen LogP contribution in [0, 0.1) is 0 Å². The highest BCUT2D eigenvalue weighted by molar-refractivity contribution is 5.85. The molecular formula is C12H18ClNO2. The summed E-state index contributed by atoms with van der Waals surface area (Å²) in [6, 6.07) is 7.59. The third-order valence-electron chi connectivity index (χ3n) is 2.10. The minimum atomic E-state index is -0.167. The van der Waals surface area contributed by atoms with Crippen LogP contribution in [0.1, 0.15) is 12.0 Å². The van der Waals surface area contributed by atoms with Crippen molar-refractivity contribution in [1.29, 1.82) is 0 Å². The minimum Gasteiger partial charge on any atom is -0.497 e. The lowest BCUT2D eigenvalue weighted by molar-refractivity contribution is 0.267. The maximum Gasteiger partial charge on any atom is 0.118 e. The van der Waals surface area contributed by atoms with Gasteiger partial charge < -0.3 is 15.6 Å². The average molecular weight is 244 g/mol. The van der Waals surface area contributed by atoms with Crippen LogP contribution in [0.4, 0.5) is 0 Å². The second kappa shape index (κ2) is 8.16. The van der Waals surface area contributed by atoms with Gasteiger partial charge in [0, 0.05) is 6.04 Å². The van der Waals surface area contributed by atoms with Gasteiger partial charge in [-0.1, -0.05) is 24.3 Å². The van der Waals surface area contributed by atoms with E-state index in [1.165, 1.54) is 0 Å². The molecule has 0 aliphatic carbocycles. The molecule has 4 heteroatoms. The van der Waals surface area contributed by atoms with Crippen LogP contribution in [0.5, 0.6) is 5.75 Å². The number of methoxy groups -OCH3 is 1. The van der Waals surface area contributed by atoms with Gasteiger partial charge in [0.1, 0.15) is 5.75 Å². The van der Waals surface area contributed by atoms with Crippen LogP contribution in [0.15, 0.2) is 30.3 Å². The van der Waals surface area contributed by atoms with Crippen molar-refractivity contribution < 1.29 is 9.84 Å². The number of rotatable bonds is 5. The number of aliphatic hydroxyl groups excluding tert-OH is 1. The van der Waals surface area contributed by atoms with Crippen LogP contribution in [0.3, 0.4) is 0 Å². The van der Waals surface area contributed by atoms with Gasteiger partial charge in [-0.05, 0) is 24.1 Å². The Balaban J connectivity index is 0.00000225. The van der Waals surface area contributed by atoms with Gasteiger partial charge in [0.25, 0.3) is 0 Å². The average Bonchev–Trinajstić information content (AvgIpc) is 2.29. The molecule has 0 saturated heterocycles.